The summed E-state index contributed by atoms with van der Waals surface area (Å²) in [6.45, 7) is 5.62. The highest BCUT2D eigenvalue weighted by atomic mass is 32.2. The highest BCUT2D eigenvalue weighted by Gasteiger charge is 2.18. The monoisotopic (exact) mass is 336 g/mol. The molecule has 1 amide bonds. The molecule has 1 heterocycles. The first-order chi connectivity index (χ1) is 10.8. The molecule has 0 fully saturated rings. The van der Waals surface area contributed by atoms with E-state index in [0.717, 1.165) is 11.3 Å². The Morgan fingerprint density at radius 1 is 1.17 bits per heavy atom. The van der Waals surface area contributed by atoms with Crippen LogP contribution < -0.4 is 10.0 Å². The van der Waals surface area contributed by atoms with Crippen molar-refractivity contribution >= 4 is 15.9 Å². The molecule has 1 aromatic carbocycles. The molecule has 0 radical (unpaired) electrons. The lowest BCUT2D eigenvalue weighted by Crippen LogP contribution is -2.24. The van der Waals surface area contributed by atoms with Crippen molar-refractivity contribution in [1.29, 1.82) is 0 Å². The predicted octanol–water partition coefficient (Wildman–Crippen LogP) is 2.04. The van der Waals surface area contributed by atoms with Crippen molar-refractivity contribution in [2.75, 3.05) is 7.05 Å². The van der Waals surface area contributed by atoms with E-state index in [9.17, 15) is 13.2 Å². The molecule has 0 atom stereocenters. The van der Waals surface area contributed by atoms with Crippen molar-refractivity contribution in [2.24, 2.45) is 0 Å². The molecule has 0 aliphatic carbocycles. The normalized spacial score (nSPS) is 11.5. The van der Waals surface area contributed by atoms with Gasteiger partial charge in [-0.3, -0.25) is 4.79 Å². The van der Waals surface area contributed by atoms with Crippen LogP contribution in [0.15, 0.2) is 33.6 Å². The first kappa shape index (κ1) is 17.2. The van der Waals surface area contributed by atoms with Gasteiger partial charge in [-0.2, -0.15) is 0 Å². The van der Waals surface area contributed by atoms with Crippen LogP contribution >= 0.6 is 0 Å². The molecule has 1 aromatic heterocycles. The summed E-state index contributed by atoms with van der Waals surface area (Å²) >= 11 is 0. The molecule has 0 aliphatic heterocycles. The van der Waals surface area contributed by atoms with Crippen LogP contribution in [0.4, 0.5) is 0 Å². The van der Waals surface area contributed by atoms with Gasteiger partial charge in [0.2, 0.25) is 10.0 Å². The second-order valence-electron chi connectivity index (χ2n) is 5.25. The molecule has 124 valence electrons. The zero-order valence-electron chi connectivity index (χ0n) is 13.6. The van der Waals surface area contributed by atoms with Gasteiger partial charge in [0.25, 0.3) is 5.91 Å². The van der Waals surface area contributed by atoms with E-state index in [1.54, 1.807) is 19.1 Å². The standard InChI is InChI=1S/C16H20N2O4S/c1-10-11(2)22-12(3)15(10)16(19)18-9-13-6-5-7-14(8-13)23(20,21)17-4/h5-8,17H,9H2,1-4H3,(H,18,19). The fourth-order valence-corrected chi connectivity index (χ4v) is 3.14. The minimum Gasteiger partial charge on any atom is -0.466 e. The summed E-state index contributed by atoms with van der Waals surface area (Å²) < 4.78 is 31.3. The number of carbonyl (C=O) groups excluding carboxylic acids is 1. The lowest BCUT2D eigenvalue weighted by molar-refractivity contribution is 0.0949. The van der Waals surface area contributed by atoms with Crippen LogP contribution in [-0.2, 0) is 16.6 Å². The minimum atomic E-state index is -3.50. The summed E-state index contributed by atoms with van der Waals surface area (Å²) in [5.41, 5.74) is 2.04. The van der Waals surface area contributed by atoms with Gasteiger partial charge in [-0.1, -0.05) is 12.1 Å². The number of carbonyl (C=O) groups is 1. The van der Waals surface area contributed by atoms with Gasteiger partial charge in [-0.25, -0.2) is 13.1 Å². The SMILES string of the molecule is CNS(=O)(=O)c1cccc(CNC(=O)c2c(C)oc(C)c2C)c1. The highest BCUT2D eigenvalue weighted by Crippen LogP contribution is 2.20. The lowest BCUT2D eigenvalue weighted by Gasteiger charge is -2.08. The maximum absolute atomic E-state index is 12.3. The Morgan fingerprint density at radius 2 is 1.87 bits per heavy atom. The molecule has 2 aromatic rings. The minimum absolute atomic E-state index is 0.165. The van der Waals surface area contributed by atoms with Crippen LogP contribution in [0, 0.1) is 20.8 Å². The second-order valence-corrected chi connectivity index (χ2v) is 7.14. The van der Waals surface area contributed by atoms with E-state index in [2.05, 4.69) is 10.0 Å². The fourth-order valence-electron chi connectivity index (χ4n) is 2.34. The Balaban J connectivity index is 2.15. The average Bonchev–Trinajstić information content (AvgIpc) is 2.78. The van der Waals surface area contributed by atoms with Crippen LogP contribution in [0.3, 0.4) is 0 Å². The quantitative estimate of drug-likeness (QED) is 0.874. The van der Waals surface area contributed by atoms with Gasteiger partial charge in [0.1, 0.15) is 11.5 Å². The van der Waals surface area contributed by atoms with Crippen molar-refractivity contribution in [3.05, 3.63) is 52.5 Å². The number of nitrogens with one attached hydrogen (secondary N) is 2. The van der Waals surface area contributed by atoms with Gasteiger partial charge in [-0.15, -0.1) is 0 Å². The van der Waals surface area contributed by atoms with Gasteiger partial charge in [-0.05, 0) is 45.5 Å². The summed E-state index contributed by atoms with van der Waals surface area (Å²) in [7, 11) is -2.14. The van der Waals surface area contributed by atoms with E-state index in [-0.39, 0.29) is 17.3 Å². The van der Waals surface area contributed by atoms with Crippen LogP contribution in [-0.4, -0.2) is 21.4 Å². The molecule has 2 N–H and O–H groups in total. The fraction of sp³-hybridized carbons (Fsp3) is 0.312. The third-order valence-corrected chi connectivity index (χ3v) is 5.13. The smallest absolute Gasteiger partial charge is 0.255 e. The number of benzene rings is 1. The van der Waals surface area contributed by atoms with Gasteiger partial charge >= 0.3 is 0 Å². The van der Waals surface area contributed by atoms with E-state index < -0.39 is 10.0 Å². The number of hydrogen-bond donors (Lipinski definition) is 2. The van der Waals surface area contributed by atoms with E-state index in [1.165, 1.54) is 19.2 Å². The third kappa shape index (κ3) is 3.62. The second kappa shape index (κ2) is 6.55. The van der Waals surface area contributed by atoms with E-state index >= 15 is 0 Å². The summed E-state index contributed by atoms with van der Waals surface area (Å²) in [6, 6.07) is 6.44. The average molecular weight is 336 g/mol. The van der Waals surface area contributed by atoms with E-state index in [0.29, 0.717) is 16.9 Å². The van der Waals surface area contributed by atoms with Crippen LogP contribution in [0.25, 0.3) is 0 Å². The van der Waals surface area contributed by atoms with Crippen molar-refractivity contribution in [3.8, 4) is 0 Å². The zero-order valence-corrected chi connectivity index (χ0v) is 14.4. The molecule has 0 spiro atoms. The van der Waals surface area contributed by atoms with Gasteiger partial charge in [0, 0.05) is 12.1 Å². The Kier molecular flexibility index (Phi) is 4.91. The number of aryl methyl sites for hydroxylation is 2. The summed E-state index contributed by atoms with van der Waals surface area (Å²) in [6.07, 6.45) is 0. The molecule has 0 bridgehead atoms. The molecule has 0 saturated carbocycles. The zero-order chi connectivity index (χ0) is 17.2. The lowest BCUT2D eigenvalue weighted by atomic mass is 10.1. The Hall–Kier alpha value is -2.12. The van der Waals surface area contributed by atoms with Crippen molar-refractivity contribution in [3.63, 3.8) is 0 Å². The van der Waals surface area contributed by atoms with Crippen LogP contribution in [0.2, 0.25) is 0 Å². The molecule has 6 nitrogen and oxygen atoms in total. The molecule has 7 heteroatoms. The Morgan fingerprint density at radius 3 is 2.43 bits per heavy atom. The Bertz CT molecular complexity index is 838. The molecular weight excluding hydrogens is 316 g/mol. The van der Waals surface area contributed by atoms with Crippen LogP contribution in [0.1, 0.15) is 33.0 Å². The highest BCUT2D eigenvalue weighted by molar-refractivity contribution is 7.89. The summed E-state index contributed by atoms with van der Waals surface area (Å²) in [5, 5.41) is 2.79. The summed E-state index contributed by atoms with van der Waals surface area (Å²) in [4.78, 5) is 12.5. The molecule has 0 aliphatic rings. The van der Waals surface area contributed by atoms with Crippen LogP contribution in [0.5, 0.6) is 0 Å². The molecular formula is C16H20N2O4S. The number of hydrogen-bond acceptors (Lipinski definition) is 4. The van der Waals surface area contributed by atoms with Gasteiger partial charge in [0.05, 0.1) is 10.5 Å². The molecule has 2 rings (SSSR count). The van der Waals surface area contributed by atoms with Crippen molar-refractivity contribution in [1.82, 2.24) is 10.0 Å². The number of sulfonamides is 1. The van der Waals surface area contributed by atoms with E-state index in [1.807, 2.05) is 13.8 Å². The number of rotatable bonds is 5. The Labute approximate surface area is 135 Å². The maximum atomic E-state index is 12.3. The van der Waals surface area contributed by atoms with E-state index in [4.69, 9.17) is 4.42 Å². The van der Waals surface area contributed by atoms with Crippen molar-refractivity contribution < 1.29 is 17.6 Å². The first-order valence-electron chi connectivity index (χ1n) is 7.13. The van der Waals surface area contributed by atoms with Gasteiger partial charge < -0.3 is 9.73 Å². The number of amides is 1. The molecule has 23 heavy (non-hydrogen) atoms. The summed E-state index contributed by atoms with van der Waals surface area (Å²) in [5.74, 6) is 1.05. The van der Waals surface area contributed by atoms with Gasteiger partial charge in [0.15, 0.2) is 0 Å². The molecule has 0 saturated heterocycles. The molecule has 0 unspecified atom stereocenters. The topological polar surface area (TPSA) is 88.4 Å². The first-order valence-corrected chi connectivity index (χ1v) is 8.62. The largest absolute Gasteiger partial charge is 0.466 e. The number of furan rings is 1. The maximum Gasteiger partial charge on any atom is 0.255 e. The third-order valence-electron chi connectivity index (χ3n) is 3.72. The van der Waals surface area contributed by atoms with Crippen molar-refractivity contribution in [2.45, 2.75) is 32.2 Å². The predicted molar refractivity (Wildman–Crippen MR) is 86.8 cm³/mol.